The molecule has 1 aromatic rings. The Labute approximate surface area is 112 Å². The lowest BCUT2D eigenvalue weighted by molar-refractivity contribution is -0.126. The second-order valence-electron chi connectivity index (χ2n) is 5.46. The predicted octanol–water partition coefficient (Wildman–Crippen LogP) is 3.29. The molecule has 1 fully saturated rings. The molecule has 1 saturated carbocycles. The van der Waals surface area contributed by atoms with Crippen LogP contribution in [0.5, 0.6) is 0 Å². The van der Waals surface area contributed by atoms with Crippen molar-refractivity contribution in [3.8, 4) is 0 Å². The van der Waals surface area contributed by atoms with Gasteiger partial charge in [0, 0.05) is 11.1 Å². The summed E-state index contributed by atoms with van der Waals surface area (Å²) in [5, 5.41) is 11.8. The highest BCUT2D eigenvalue weighted by Crippen LogP contribution is 2.36. The highest BCUT2D eigenvalue weighted by atomic mass is 16.4. The summed E-state index contributed by atoms with van der Waals surface area (Å²) in [4.78, 5) is 23.2. The maximum Gasteiger partial charge on any atom is 0.335 e. The van der Waals surface area contributed by atoms with Crippen LogP contribution in [0.15, 0.2) is 24.3 Å². The van der Waals surface area contributed by atoms with Crippen LogP contribution in [0, 0.1) is 5.41 Å². The maximum absolute atomic E-state index is 12.3. The second kappa shape index (κ2) is 5.43. The van der Waals surface area contributed by atoms with Crippen molar-refractivity contribution in [1.82, 2.24) is 0 Å². The van der Waals surface area contributed by atoms with Crippen LogP contribution in [0.4, 0.5) is 5.69 Å². The molecule has 1 aromatic carbocycles. The molecule has 0 bridgehead atoms. The summed E-state index contributed by atoms with van der Waals surface area (Å²) in [6, 6.07) is 6.37. The van der Waals surface area contributed by atoms with Gasteiger partial charge in [0.05, 0.1) is 5.56 Å². The Hall–Kier alpha value is -1.84. The van der Waals surface area contributed by atoms with Gasteiger partial charge in [-0.25, -0.2) is 4.79 Å². The van der Waals surface area contributed by atoms with E-state index in [-0.39, 0.29) is 16.9 Å². The first kappa shape index (κ1) is 13.6. The van der Waals surface area contributed by atoms with Crippen molar-refractivity contribution < 1.29 is 14.7 Å². The smallest absolute Gasteiger partial charge is 0.335 e. The first-order valence-corrected chi connectivity index (χ1v) is 6.66. The number of carboxylic acids is 1. The Morgan fingerprint density at radius 3 is 2.53 bits per heavy atom. The Kier molecular flexibility index (Phi) is 3.88. The van der Waals surface area contributed by atoms with E-state index in [2.05, 4.69) is 5.32 Å². The molecule has 102 valence electrons. The fourth-order valence-corrected chi connectivity index (χ4v) is 2.57. The number of nitrogens with one attached hydrogen (secondary N) is 1. The van der Waals surface area contributed by atoms with E-state index < -0.39 is 5.97 Å². The molecule has 0 saturated heterocycles. The van der Waals surface area contributed by atoms with Gasteiger partial charge in [0.25, 0.3) is 0 Å². The van der Waals surface area contributed by atoms with E-state index in [1.54, 1.807) is 12.1 Å². The molecule has 0 aliphatic heterocycles. The predicted molar refractivity (Wildman–Crippen MR) is 73.2 cm³/mol. The molecule has 0 spiro atoms. The van der Waals surface area contributed by atoms with Crippen LogP contribution in [0.1, 0.15) is 49.4 Å². The summed E-state index contributed by atoms with van der Waals surface area (Å²) in [5.74, 6) is -0.991. The van der Waals surface area contributed by atoms with Gasteiger partial charge in [-0.3, -0.25) is 4.79 Å². The van der Waals surface area contributed by atoms with Gasteiger partial charge in [-0.2, -0.15) is 0 Å². The Balaban J connectivity index is 2.10. The van der Waals surface area contributed by atoms with E-state index in [4.69, 9.17) is 5.11 Å². The molecule has 2 rings (SSSR count). The van der Waals surface area contributed by atoms with E-state index in [0.717, 1.165) is 25.7 Å². The lowest BCUT2D eigenvalue weighted by Gasteiger charge is -2.32. The fraction of sp³-hybridized carbons (Fsp3) is 0.467. The molecule has 1 aliphatic carbocycles. The summed E-state index contributed by atoms with van der Waals surface area (Å²) >= 11 is 0. The van der Waals surface area contributed by atoms with Crippen LogP contribution < -0.4 is 5.32 Å². The number of benzene rings is 1. The quantitative estimate of drug-likeness (QED) is 0.877. The molecule has 0 atom stereocenters. The highest BCUT2D eigenvalue weighted by molar-refractivity contribution is 5.96. The molecule has 19 heavy (non-hydrogen) atoms. The molecule has 1 amide bonds. The zero-order chi connectivity index (χ0) is 13.9. The lowest BCUT2D eigenvalue weighted by atomic mass is 9.75. The molecule has 0 radical (unpaired) electrons. The topological polar surface area (TPSA) is 66.4 Å². The number of aromatic carboxylic acids is 1. The van der Waals surface area contributed by atoms with Crippen LogP contribution >= 0.6 is 0 Å². The molecule has 1 aliphatic rings. The lowest BCUT2D eigenvalue weighted by Crippen LogP contribution is -2.35. The number of carbonyl (C=O) groups is 2. The average Bonchev–Trinajstić information content (AvgIpc) is 2.40. The maximum atomic E-state index is 12.3. The Morgan fingerprint density at radius 2 is 1.89 bits per heavy atom. The highest BCUT2D eigenvalue weighted by Gasteiger charge is 2.34. The van der Waals surface area contributed by atoms with Gasteiger partial charge < -0.3 is 10.4 Å². The van der Waals surface area contributed by atoms with Crippen molar-refractivity contribution in [2.24, 2.45) is 5.41 Å². The Morgan fingerprint density at radius 1 is 1.21 bits per heavy atom. The van der Waals surface area contributed by atoms with Crippen molar-refractivity contribution in [3.63, 3.8) is 0 Å². The van der Waals surface area contributed by atoms with Gasteiger partial charge in [-0.1, -0.05) is 32.3 Å². The zero-order valence-corrected chi connectivity index (χ0v) is 11.1. The van der Waals surface area contributed by atoms with Crippen LogP contribution in [0.3, 0.4) is 0 Å². The van der Waals surface area contributed by atoms with Crippen LogP contribution in [-0.4, -0.2) is 17.0 Å². The van der Waals surface area contributed by atoms with Crippen LogP contribution in [-0.2, 0) is 4.79 Å². The molecule has 4 nitrogen and oxygen atoms in total. The number of anilines is 1. The van der Waals surface area contributed by atoms with Crippen LogP contribution in [0.2, 0.25) is 0 Å². The third kappa shape index (κ3) is 3.13. The van der Waals surface area contributed by atoms with Gasteiger partial charge in [0.15, 0.2) is 0 Å². The third-order valence-corrected chi connectivity index (χ3v) is 3.87. The van der Waals surface area contributed by atoms with E-state index in [1.807, 2.05) is 6.92 Å². The summed E-state index contributed by atoms with van der Waals surface area (Å²) in [7, 11) is 0. The van der Waals surface area contributed by atoms with E-state index in [0.29, 0.717) is 5.69 Å². The van der Waals surface area contributed by atoms with Gasteiger partial charge >= 0.3 is 5.97 Å². The molecule has 0 aromatic heterocycles. The second-order valence-corrected chi connectivity index (χ2v) is 5.46. The van der Waals surface area contributed by atoms with Gasteiger partial charge in [0.2, 0.25) is 5.91 Å². The van der Waals surface area contributed by atoms with Gasteiger partial charge in [-0.05, 0) is 31.0 Å². The largest absolute Gasteiger partial charge is 0.478 e. The molecule has 0 heterocycles. The number of amides is 1. The standard InChI is InChI=1S/C15H19NO3/c1-15(8-3-2-4-9-15)14(19)16-12-7-5-6-11(10-12)13(17)18/h5-7,10H,2-4,8-9H2,1H3,(H,16,19)(H,17,18). The van der Waals surface area contributed by atoms with Crippen molar-refractivity contribution in [2.45, 2.75) is 39.0 Å². The van der Waals surface area contributed by atoms with Gasteiger partial charge in [-0.15, -0.1) is 0 Å². The number of rotatable bonds is 3. The van der Waals surface area contributed by atoms with E-state index >= 15 is 0 Å². The summed E-state index contributed by atoms with van der Waals surface area (Å²) in [6.45, 7) is 1.99. The number of hydrogen-bond donors (Lipinski definition) is 2. The minimum atomic E-state index is -0.986. The van der Waals surface area contributed by atoms with E-state index in [1.165, 1.54) is 18.6 Å². The van der Waals surface area contributed by atoms with Crippen molar-refractivity contribution in [3.05, 3.63) is 29.8 Å². The van der Waals surface area contributed by atoms with Crippen molar-refractivity contribution >= 4 is 17.6 Å². The number of carbonyl (C=O) groups excluding carboxylic acids is 1. The number of hydrogen-bond acceptors (Lipinski definition) is 2. The fourth-order valence-electron chi connectivity index (χ4n) is 2.57. The zero-order valence-electron chi connectivity index (χ0n) is 11.1. The normalized spacial score (nSPS) is 17.7. The van der Waals surface area contributed by atoms with Crippen molar-refractivity contribution in [1.29, 1.82) is 0 Å². The molecular formula is C15H19NO3. The monoisotopic (exact) mass is 261 g/mol. The first-order valence-electron chi connectivity index (χ1n) is 6.66. The average molecular weight is 261 g/mol. The molecule has 0 unspecified atom stereocenters. The molecule has 4 heteroatoms. The molecule has 2 N–H and O–H groups in total. The minimum Gasteiger partial charge on any atom is -0.478 e. The number of carboxylic acid groups (broad SMARTS) is 1. The third-order valence-electron chi connectivity index (χ3n) is 3.87. The Bertz CT molecular complexity index is 490. The SMILES string of the molecule is CC1(C(=O)Nc2cccc(C(=O)O)c2)CCCCC1. The van der Waals surface area contributed by atoms with Crippen molar-refractivity contribution in [2.75, 3.05) is 5.32 Å². The summed E-state index contributed by atoms with van der Waals surface area (Å²) in [5.41, 5.74) is 0.417. The minimum absolute atomic E-state index is 0.00487. The van der Waals surface area contributed by atoms with Crippen LogP contribution in [0.25, 0.3) is 0 Å². The summed E-state index contributed by atoms with van der Waals surface area (Å²) in [6.07, 6.45) is 5.16. The van der Waals surface area contributed by atoms with E-state index in [9.17, 15) is 9.59 Å². The van der Waals surface area contributed by atoms with Gasteiger partial charge in [0.1, 0.15) is 0 Å². The first-order chi connectivity index (χ1) is 9.01. The summed E-state index contributed by atoms with van der Waals surface area (Å²) < 4.78 is 0. The molecular weight excluding hydrogens is 242 g/mol.